The number of ether oxygens (including phenoxy) is 1. The fourth-order valence-electron chi connectivity index (χ4n) is 4.99. The van der Waals surface area contributed by atoms with Gasteiger partial charge in [-0.25, -0.2) is 0 Å². The van der Waals surface area contributed by atoms with Crippen molar-refractivity contribution in [3.8, 4) is 5.75 Å². The van der Waals surface area contributed by atoms with E-state index in [9.17, 15) is 4.79 Å². The van der Waals surface area contributed by atoms with Crippen molar-refractivity contribution in [2.24, 2.45) is 5.92 Å². The van der Waals surface area contributed by atoms with Crippen molar-refractivity contribution < 1.29 is 9.53 Å². The van der Waals surface area contributed by atoms with Gasteiger partial charge in [-0.3, -0.25) is 9.69 Å². The Balaban J connectivity index is 1.21. The third-order valence-corrected chi connectivity index (χ3v) is 6.40. The van der Waals surface area contributed by atoms with E-state index in [0.717, 1.165) is 44.9 Å². The molecular formula is C22H33N3O2. The number of nitrogens with zero attached hydrogens (tertiary/aromatic N) is 2. The van der Waals surface area contributed by atoms with Crippen LogP contribution in [-0.2, 0) is 11.3 Å². The van der Waals surface area contributed by atoms with Crippen molar-refractivity contribution in [1.29, 1.82) is 0 Å². The topological polar surface area (TPSA) is 44.8 Å². The van der Waals surface area contributed by atoms with Gasteiger partial charge in [0.25, 0.3) is 0 Å². The molecule has 0 radical (unpaired) electrons. The van der Waals surface area contributed by atoms with Gasteiger partial charge in [0.15, 0.2) is 0 Å². The highest BCUT2D eigenvalue weighted by Gasteiger charge is 2.35. The summed E-state index contributed by atoms with van der Waals surface area (Å²) in [7, 11) is 0. The van der Waals surface area contributed by atoms with Gasteiger partial charge >= 0.3 is 0 Å². The molecule has 2 bridgehead atoms. The second-order valence-corrected chi connectivity index (χ2v) is 8.41. The van der Waals surface area contributed by atoms with E-state index < -0.39 is 0 Å². The monoisotopic (exact) mass is 371 g/mol. The van der Waals surface area contributed by atoms with Crippen LogP contribution < -0.4 is 10.1 Å². The Morgan fingerprint density at radius 3 is 2.37 bits per heavy atom. The molecule has 3 aliphatic heterocycles. The number of nitrogens with one attached hydrogen (secondary N) is 1. The van der Waals surface area contributed by atoms with Crippen molar-refractivity contribution >= 4 is 5.91 Å². The summed E-state index contributed by atoms with van der Waals surface area (Å²) in [4.78, 5) is 17.3. The Labute approximate surface area is 163 Å². The van der Waals surface area contributed by atoms with Gasteiger partial charge in [0.2, 0.25) is 5.91 Å². The molecule has 4 rings (SSSR count). The normalized spacial score (nSPS) is 28.3. The van der Waals surface area contributed by atoms with E-state index in [1.807, 2.05) is 19.1 Å². The third kappa shape index (κ3) is 4.82. The first-order valence-corrected chi connectivity index (χ1v) is 10.7. The van der Waals surface area contributed by atoms with Crippen LogP contribution in [0.15, 0.2) is 24.3 Å². The van der Waals surface area contributed by atoms with Crippen LogP contribution in [0.4, 0.5) is 0 Å². The molecule has 0 aromatic heterocycles. The maximum atomic E-state index is 12.7. The highest BCUT2D eigenvalue weighted by atomic mass is 16.5. The Kier molecular flexibility index (Phi) is 5.98. The van der Waals surface area contributed by atoms with Gasteiger partial charge in [0.05, 0.1) is 6.61 Å². The van der Waals surface area contributed by atoms with Crippen LogP contribution in [0.5, 0.6) is 5.75 Å². The van der Waals surface area contributed by atoms with Crippen LogP contribution >= 0.6 is 0 Å². The predicted molar refractivity (Wildman–Crippen MR) is 107 cm³/mol. The number of piperidine rings is 1. The number of piperazine rings is 1. The molecule has 0 spiro atoms. The van der Waals surface area contributed by atoms with Crippen molar-refractivity contribution in [1.82, 2.24) is 15.1 Å². The SMILES string of the molecule is CCOc1ccc(CN2CCN(C(=O)CC3CC4CCC(C3)N4)CC2)cc1. The van der Waals surface area contributed by atoms with Crippen LogP contribution in [0.2, 0.25) is 0 Å². The van der Waals surface area contributed by atoms with E-state index in [1.165, 1.54) is 31.2 Å². The summed E-state index contributed by atoms with van der Waals surface area (Å²) in [5, 5.41) is 3.67. The smallest absolute Gasteiger partial charge is 0.222 e. The summed E-state index contributed by atoms with van der Waals surface area (Å²) < 4.78 is 5.51. The average Bonchev–Trinajstić information content (AvgIpc) is 3.02. The minimum absolute atomic E-state index is 0.377. The molecule has 1 aromatic rings. The number of carbonyl (C=O) groups is 1. The molecular weight excluding hydrogens is 338 g/mol. The highest BCUT2D eigenvalue weighted by Crippen LogP contribution is 2.33. The fourth-order valence-corrected chi connectivity index (χ4v) is 4.99. The summed E-state index contributed by atoms with van der Waals surface area (Å²) in [6.45, 7) is 7.33. The Hall–Kier alpha value is -1.59. The van der Waals surface area contributed by atoms with E-state index in [4.69, 9.17) is 4.74 Å². The minimum Gasteiger partial charge on any atom is -0.494 e. The maximum absolute atomic E-state index is 12.7. The average molecular weight is 372 g/mol. The number of benzene rings is 1. The van der Waals surface area contributed by atoms with Gasteiger partial charge in [-0.15, -0.1) is 0 Å². The minimum atomic E-state index is 0.377. The van der Waals surface area contributed by atoms with Crippen LogP contribution in [0.3, 0.4) is 0 Å². The quantitative estimate of drug-likeness (QED) is 0.835. The molecule has 5 heteroatoms. The molecule has 1 N–H and O–H groups in total. The standard InChI is InChI=1S/C22H33N3O2/c1-2-27-21-7-3-17(4-8-21)16-24-9-11-25(12-10-24)22(26)15-18-13-19-5-6-20(14-18)23-19/h3-4,7-8,18-20,23H,2,5-6,9-16H2,1H3. The molecule has 1 aromatic carbocycles. The molecule has 3 fully saturated rings. The van der Waals surface area contributed by atoms with Gasteiger partial charge in [-0.05, 0) is 56.2 Å². The number of hydrogen-bond donors (Lipinski definition) is 1. The number of hydrogen-bond acceptors (Lipinski definition) is 4. The first kappa shape index (κ1) is 18.8. The van der Waals surface area contributed by atoms with Crippen molar-refractivity contribution in [3.63, 3.8) is 0 Å². The molecule has 148 valence electrons. The lowest BCUT2D eigenvalue weighted by atomic mass is 9.89. The molecule has 2 atom stereocenters. The molecule has 27 heavy (non-hydrogen) atoms. The Morgan fingerprint density at radius 1 is 1.07 bits per heavy atom. The van der Waals surface area contributed by atoms with Gasteiger partial charge < -0.3 is 15.0 Å². The molecule has 5 nitrogen and oxygen atoms in total. The van der Waals surface area contributed by atoms with E-state index in [-0.39, 0.29) is 0 Å². The van der Waals surface area contributed by atoms with E-state index >= 15 is 0 Å². The fraction of sp³-hybridized carbons (Fsp3) is 0.682. The molecule has 3 heterocycles. The first-order chi connectivity index (χ1) is 13.2. The summed E-state index contributed by atoms with van der Waals surface area (Å²) in [5.41, 5.74) is 1.31. The van der Waals surface area contributed by atoms with Gasteiger partial charge in [0, 0.05) is 51.2 Å². The van der Waals surface area contributed by atoms with E-state index in [0.29, 0.717) is 30.5 Å². The number of amides is 1. The van der Waals surface area contributed by atoms with Gasteiger partial charge in [-0.1, -0.05) is 12.1 Å². The van der Waals surface area contributed by atoms with Crippen molar-refractivity contribution in [2.75, 3.05) is 32.8 Å². The maximum Gasteiger partial charge on any atom is 0.222 e. The second-order valence-electron chi connectivity index (χ2n) is 8.41. The van der Waals surface area contributed by atoms with Gasteiger partial charge in [-0.2, -0.15) is 0 Å². The predicted octanol–water partition coefficient (Wildman–Crippen LogP) is 2.65. The lowest BCUT2D eigenvalue weighted by molar-refractivity contribution is -0.134. The van der Waals surface area contributed by atoms with Gasteiger partial charge in [0.1, 0.15) is 5.75 Å². The van der Waals surface area contributed by atoms with Crippen molar-refractivity contribution in [2.45, 2.75) is 57.7 Å². The third-order valence-electron chi connectivity index (χ3n) is 6.40. The number of fused-ring (bicyclic) bond motifs is 2. The molecule has 2 unspecified atom stereocenters. The second kappa shape index (κ2) is 8.61. The molecule has 0 aliphatic carbocycles. The zero-order chi connectivity index (χ0) is 18.6. The summed E-state index contributed by atoms with van der Waals surface area (Å²) in [6, 6.07) is 9.73. The zero-order valence-electron chi connectivity index (χ0n) is 16.5. The Bertz CT molecular complexity index is 613. The molecule has 1 amide bonds. The molecule has 3 saturated heterocycles. The summed E-state index contributed by atoms with van der Waals surface area (Å²) in [6.07, 6.45) is 5.76. The first-order valence-electron chi connectivity index (χ1n) is 10.7. The van der Waals surface area contributed by atoms with E-state index in [2.05, 4.69) is 27.2 Å². The molecule has 3 aliphatic rings. The van der Waals surface area contributed by atoms with Crippen LogP contribution in [0.1, 0.15) is 44.6 Å². The summed E-state index contributed by atoms with van der Waals surface area (Å²) in [5.74, 6) is 1.91. The van der Waals surface area contributed by atoms with Crippen LogP contribution in [0, 0.1) is 5.92 Å². The highest BCUT2D eigenvalue weighted by molar-refractivity contribution is 5.76. The number of carbonyl (C=O) groups excluding carboxylic acids is 1. The molecule has 0 saturated carbocycles. The lowest BCUT2D eigenvalue weighted by Crippen LogP contribution is -2.49. The lowest BCUT2D eigenvalue weighted by Gasteiger charge is -2.36. The number of rotatable bonds is 6. The Morgan fingerprint density at radius 2 is 1.74 bits per heavy atom. The van der Waals surface area contributed by atoms with E-state index in [1.54, 1.807) is 0 Å². The van der Waals surface area contributed by atoms with Crippen molar-refractivity contribution in [3.05, 3.63) is 29.8 Å². The largest absolute Gasteiger partial charge is 0.494 e. The summed E-state index contributed by atoms with van der Waals surface area (Å²) >= 11 is 0. The van der Waals surface area contributed by atoms with Crippen LogP contribution in [-0.4, -0.2) is 60.6 Å². The van der Waals surface area contributed by atoms with Crippen LogP contribution in [0.25, 0.3) is 0 Å². The zero-order valence-corrected chi connectivity index (χ0v) is 16.5.